The van der Waals surface area contributed by atoms with E-state index >= 15 is 0 Å². The first-order chi connectivity index (χ1) is 14.2. The Kier molecular flexibility index (Phi) is 6.06. The molecule has 0 saturated carbocycles. The van der Waals surface area contributed by atoms with Crippen LogP contribution in [0.4, 0.5) is 0 Å². The number of aromatic nitrogens is 1. The van der Waals surface area contributed by atoms with Crippen molar-refractivity contribution >= 4 is 5.91 Å². The number of carbonyl (C=O) groups is 1. The molecule has 1 saturated heterocycles. The summed E-state index contributed by atoms with van der Waals surface area (Å²) >= 11 is 0. The van der Waals surface area contributed by atoms with Gasteiger partial charge in [-0.25, -0.2) is 0 Å². The summed E-state index contributed by atoms with van der Waals surface area (Å²) in [5, 5.41) is 7.03. The fourth-order valence-corrected chi connectivity index (χ4v) is 3.87. The second-order valence-corrected chi connectivity index (χ2v) is 7.80. The van der Waals surface area contributed by atoms with Crippen LogP contribution in [0.5, 0.6) is 0 Å². The molecule has 5 nitrogen and oxygen atoms in total. The van der Waals surface area contributed by atoms with Crippen LogP contribution in [-0.4, -0.2) is 35.6 Å². The number of piperidine rings is 1. The van der Waals surface area contributed by atoms with Crippen LogP contribution in [0.25, 0.3) is 11.3 Å². The Bertz CT molecular complexity index is 916. The van der Waals surface area contributed by atoms with Crippen molar-refractivity contribution < 1.29 is 9.32 Å². The Labute approximate surface area is 171 Å². The van der Waals surface area contributed by atoms with Crippen molar-refractivity contribution in [3.05, 3.63) is 78.0 Å². The highest BCUT2D eigenvalue weighted by molar-refractivity contribution is 5.93. The molecule has 0 aliphatic carbocycles. The fourth-order valence-electron chi connectivity index (χ4n) is 3.87. The van der Waals surface area contributed by atoms with E-state index in [9.17, 15) is 4.79 Å². The first-order valence-corrected chi connectivity index (χ1v) is 10.3. The molecule has 0 bridgehead atoms. The van der Waals surface area contributed by atoms with Gasteiger partial charge in [-0.05, 0) is 37.4 Å². The van der Waals surface area contributed by atoms with Crippen molar-refractivity contribution in [2.45, 2.75) is 25.8 Å². The number of likely N-dealkylation sites (tertiary alicyclic amines) is 1. The standard InChI is InChI=1S/C24H27N3O2/c1-18-12-14-27(15-13-18)22(19-8-4-2-5-9-19)17-25-24(28)21-16-23(29-26-21)20-10-6-3-7-11-20/h2-11,16,18,22H,12-15,17H2,1H3,(H,25,28)/t22-/m0/s1. The van der Waals surface area contributed by atoms with E-state index in [2.05, 4.69) is 46.6 Å². The van der Waals surface area contributed by atoms with Gasteiger partial charge in [0.05, 0.1) is 6.04 Å². The Morgan fingerprint density at radius 2 is 1.76 bits per heavy atom. The maximum absolute atomic E-state index is 12.7. The third-order valence-corrected chi connectivity index (χ3v) is 5.70. The zero-order valence-corrected chi connectivity index (χ0v) is 16.8. The molecule has 1 aromatic heterocycles. The van der Waals surface area contributed by atoms with Crippen molar-refractivity contribution in [1.82, 2.24) is 15.4 Å². The number of amides is 1. The lowest BCUT2D eigenvalue weighted by Gasteiger charge is -2.37. The third kappa shape index (κ3) is 4.74. The van der Waals surface area contributed by atoms with Crippen LogP contribution in [0.2, 0.25) is 0 Å². The summed E-state index contributed by atoms with van der Waals surface area (Å²) in [7, 11) is 0. The highest BCUT2D eigenvalue weighted by atomic mass is 16.5. The zero-order chi connectivity index (χ0) is 20.1. The van der Waals surface area contributed by atoms with Crippen molar-refractivity contribution in [2.24, 2.45) is 5.92 Å². The van der Waals surface area contributed by atoms with Gasteiger partial charge in [-0.2, -0.15) is 0 Å². The number of hydrogen-bond acceptors (Lipinski definition) is 4. The molecule has 2 aromatic carbocycles. The number of carbonyl (C=O) groups excluding carboxylic acids is 1. The van der Waals surface area contributed by atoms with Crippen molar-refractivity contribution in [1.29, 1.82) is 0 Å². The molecule has 4 rings (SSSR count). The summed E-state index contributed by atoms with van der Waals surface area (Å²) in [6.07, 6.45) is 2.39. The molecule has 5 heteroatoms. The van der Waals surface area contributed by atoms with Gasteiger partial charge in [-0.1, -0.05) is 72.7 Å². The third-order valence-electron chi connectivity index (χ3n) is 5.70. The molecule has 150 valence electrons. The van der Waals surface area contributed by atoms with Gasteiger partial charge in [-0.3, -0.25) is 9.69 Å². The van der Waals surface area contributed by atoms with E-state index in [0.29, 0.717) is 18.0 Å². The molecule has 3 aromatic rings. The number of benzene rings is 2. The predicted octanol–water partition coefficient (Wildman–Crippen LogP) is 4.54. The molecular weight excluding hydrogens is 362 g/mol. The van der Waals surface area contributed by atoms with Crippen molar-refractivity contribution in [3.8, 4) is 11.3 Å². The van der Waals surface area contributed by atoms with Gasteiger partial charge in [0.15, 0.2) is 11.5 Å². The molecule has 1 amide bonds. The first kappa shape index (κ1) is 19.4. The Morgan fingerprint density at radius 3 is 2.45 bits per heavy atom. The lowest BCUT2D eigenvalue weighted by Crippen LogP contribution is -2.42. The maximum Gasteiger partial charge on any atom is 0.273 e. The van der Waals surface area contributed by atoms with Gasteiger partial charge in [0.2, 0.25) is 0 Å². The average Bonchev–Trinajstić information content (AvgIpc) is 3.27. The number of hydrogen-bond donors (Lipinski definition) is 1. The number of rotatable bonds is 6. The van der Waals surface area contributed by atoms with Gasteiger partial charge >= 0.3 is 0 Å². The summed E-state index contributed by atoms with van der Waals surface area (Å²) in [6, 6.07) is 22.0. The van der Waals surface area contributed by atoms with E-state index in [1.165, 1.54) is 18.4 Å². The lowest BCUT2D eigenvalue weighted by atomic mass is 9.95. The van der Waals surface area contributed by atoms with Crippen LogP contribution in [0.3, 0.4) is 0 Å². The van der Waals surface area contributed by atoms with Crippen LogP contribution < -0.4 is 5.32 Å². The van der Waals surface area contributed by atoms with Crippen LogP contribution >= 0.6 is 0 Å². The molecule has 2 heterocycles. The summed E-state index contributed by atoms with van der Waals surface area (Å²) in [6.45, 7) is 4.97. The van der Waals surface area contributed by atoms with Gasteiger partial charge in [-0.15, -0.1) is 0 Å². The number of nitrogens with one attached hydrogen (secondary N) is 1. The van der Waals surface area contributed by atoms with E-state index in [1.54, 1.807) is 6.07 Å². The average molecular weight is 389 g/mol. The van der Waals surface area contributed by atoms with Crippen LogP contribution in [-0.2, 0) is 0 Å². The van der Waals surface area contributed by atoms with Crippen LogP contribution in [0, 0.1) is 5.92 Å². The normalized spacial score (nSPS) is 16.4. The van der Waals surface area contributed by atoms with Crippen LogP contribution in [0.15, 0.2) is 71.3 Å². The molecule has 1 aliphatic rings. The predicted molar refractivity (Wildman–Crippen MR) is 113 cm³/mol. The molecule has 0 unspecified atom stereocenters. The molecule has 1 aliphatic heterocycles. The minimum atomic E-state index is -0.206. The SMILES string of the molecule is CC1CCN([C@@H](CNC(=O)c2cc(-c3ccccc3)on2)c2ccccc2)CC1. The maximum atomic E-state index is 12.7. The molecule has 0 radical (unpaired) electrons. The monoisotopic (exact) mass is 389 g/mol. The van der Waals surface area contributed by atoms with E-state index < -0.39 is 0 Å². The van der Waals surface area contributed by atoms with Crippen LogP contribution in [0.1, 0.15) is 41.9 Å². The lowest BCUT2D eigenvalue weighted by molar-refractivity contribution is 0.0904. The first-order valence-electron chi connectivity index (χ1n) is 10.3. The molecule has 0 spiro atoms. The largest absolute Gasteiger partial charge is 0.355 e. The van der Waals surface area contributed by atoms with Gasteiger partial charge in [0.25, 0.3) is 5.91 Å². The Balaban J connectivity index is 1.44. The van der Waals surface area contributed by atoms with Gasteiger partial charge in [0, 0.05) is 18.2 Å². The number of nitrogens with zero attached hydrogens (tertiary/aromatic N) is 2. The minimum absolute atomic E-state index is 0.160. The smallest absolute Gasteiger partial charge is 0.273 e. The van der Waals surface area contributed by atoms with E-state index in [1.807, 2.05) is 36.4 Å². The zero-order valence-electron chi connectivity index (χ0n) is 16.8. The summed E-state index contributed by atoms with van der Waals surface area (Å²) < 4.78 is 5.37. The van der Waals surface area contributed by atoms with Crippen molar-refractivity contribution in [3.63, 3.8) is 0 Å². The summed E-state index contributed by atoms with van der Waals surface area (Å²) in [5.41, 5.74) is 2.44. The molecule has 29 heavy (non-hydrogen) atoms. The quantitative estimate of drug-likeness (QED) is 0.672. The van der Waals surface area contributed by atoms with Gasteiger partial charge < -0.3 is 9.84 Å². The van der Waals surface area contributed by atoms with E-state index in [-0.39, 0.29) is 11.9 Å². The topological polar surface area (TPSA) is 58.4 Å². The van der Waals surface area contributed by atoms with Crippen molar-refractivity contribution in [2.75, 3.05) is 19.6 Å². The highest BCUT2D eigenvalue weighted by Crippen LogP contribution is 2.26. The molecule has 1 atom stereocenters. The molecule has 1 fully saturated rings. The minimum Gasteiger partial charge on any atom is -0.355 e. The summed E-state index contributed by atoms with van der Waals surface area (Å²) in [5.74, 6) is 1.16. The molecule has 1 N–H and O–H groups in total. The Hall–Kier alpha value is -2.92. The van der Waals surface area contributed by atoms with E-state index in [4.69, 9.17) is 4.52 Å². The second-order valence-electron chi connectivity index (χ2n) is 7.80. The molecular formula is C24H27N3O2. The summed E-state index contributed by atoms with van der Waals surface area (Å²) in [4.78, 5) is 15.2. The second kappa shape index (κ2) is 9.05. The fraction of sp³-hybridized carbons (Fsp3) is 0.333. The van der Waals surface area contributed by atoms with E-state index in [0.717, 1.165) is 24.6 Å². The Morgan fingerprint density at radius 1 is 1.10 bits per heavy atom. The highest BCUT2D eigenvalue weighted by Gasteiger charge is 2.25. The van der Waals surface area contributed by atoms with Gasteiger partial charge in [0.1, 0.15) is 0 Å².